The van der Waals surface area contributed by atoms with Gasteiger partial charge in [-0.2, -0.15) is 0 Å². The molecule has 1 aliphatic carbocycles. The average molecular weight is 268 g/mol. The van der Waals surface area contributed by atoms with Gasteiger partial charge in [-0.3, -0.25) is 4.57 Å². The van der Waals surface area contributed by atoms with Crippen LogP contribution in [0.25, 0.3) is 0 Å². The molecule has 0 radical (unpaired) electrons. The first-order valence-corrected chi connectivity index (χ1v) is 7.42. The summed E-state index contributed by atoms with van der Waals surface area (Å²) in [7, 11) is 2.15. The van der Waals surface area contributed by atoms with Crippen LogP contribution in [0.4, 0.5) is 5.95 Å². The van der Waals surface area contributed by atoms with Crippen LogP contribution in [0.15, 0.2) is 0 Å². The Morgan fingerprint density at radius 2 is 1.89 bits per heavy atom. The molecule has 0 bridgehead atoms. The number of nitrogens with zero attached hydrogens (tertiary/aromatic N) is 3. The molecule has 1 aromatic rings. The van der Waals surface area contributed by atoms with Gasteiger partial charge < -0.3 is 4.90 Å². The highest BCUT2D eigenvalue weighted by atomic mass is 32.1. The number of rotatable bonds is 3. The Labute approximate surface area is 114 Å². The molecule has 1 heterocycles. The fourth-order valence-electron chi connectivity index (χ4n) is 2.82. The highest BCUT2D eigenvalue weighted by molar-refractivity contribution is 7.71. The van der Waals surface area contributed by atoms with Gasteiger partial charge in [0.2, 0.25) is 5.95 Å². The van der Waals surface area contributed by atoms with Gasteiger partial charge in [0, 0.05) is 19.1 Å². The molecule has 0 amide bonds. The molecule has 4 nitrogen and oxygen atoms in total. The van der Waals surface area contributed by atoms with Gasteiger partial charge in [-0.15, -0.1) is 5.10 Å². The van der Waals surface area contributed by atoms with Crippen LogP contribution in [-0.4, -0.2) is 27.9 Å². The fraction of sp³-hybridized carbons (Fsp3) is 0.846. The predicted molar refractivity (Wildman–Crippen MR) is 77.7 cm³/mol. The van der Waals surface area contributed by atoms with E-state index < -0.39 is 0 Å². The molecule has 5 heteroatoms. The lowest BCUT2D eigenvalue weighted by atomic mass is 10.1. The van der Waals surface area contributed by atoms with Gasteiger partial charge in [0.1, 0.15) is 0 Å². The molecule has 102 valence electrons. The van der Waals surface area contributed by atoms with Crippen LogP contribution < -0.4 is 4.90 Å². The molecule has 0 spiro atoms. The Balaban J connectivity index is 2.22. The SMILES string of the molecule is CC(C)n1c(N(C)C2CCCCCC2)n[nH]c1=S. The highest BCUT2D eigenvalue weighted by Gasteiger charge is 2.22. The Bertz CT molecular complexity index is 426. The molecule has 2 rings (SSSR count). The first-order chi connectivity index (χ1) is 8.61. The summed E-state index contributed by atoms with van der Waals surface area (Å²) < 4.78 is 2.83. The molecule has 1 saturated carbocycles. The van der Waals surface area contributed by atoms with Crippen molar-refractivity contribution in [1.82, 2.24) is 14.8 Å². The third-order valence-electron chi connectivity index (χ3n) is 3.89. The third-order valence-corrected chi connectivity index (χ3v) is 4.18. The number of aromatic nitrogens is 3. The molecular formula is C13H24N4S. The zero-order chi connectivity index (χ0) is 13.1. The third kappa shape index (κ3) is 2.76. The second-order valence-electron chi connectivity index (χ2n) is 5.55. The van der Waals surface area contributed by atoms with Gasteiger partial charge in [0.15, 0.2) is 4.77 Å². The van der Waals surface area contributed by atoms with Crippen molar-refractivity contribution < 1.29 is 0 Å². The van der Waals surface area contributed by atoms with E-state index in [4.69, 9.17) is 12.2 Å². The molecule has 0 atom stereocenters. The van der Waals surface area contributed by atoms with Gasteiger partial charge in [-0.25, -0.2) is 5.10 Å². The summed E-state index contributed by atoms with van der Waals surface area (Å²) in [5, 5.41) is 7.34. The zero-order valence-corrected chi connectivity index (χ0v) is 12.5. The summed E-state index contributed by atoms with van der Waals surface area (Å²) in [6.07, 6.45) is 7.97. The highest BCUT2D eigenvalue weighted by Crippen LogP contribution is 2.25. The maximum Gasteiger partial charge on any atom is 0.225 e. The first-order valence-electron chi connectivity index (χ1n) is 7.01. The Morgan fingerprint density at radius 3 is 2.44 bits per heavy atom. The van der Waals surface area contributed by atoms with Crippen molar-refractivity contribution in [2.45, 2.75) is 64.5 Å². The Kier molecular flexibility index (Phi) is 4.43. The van der Waals surface area contributed by atoms with Crippen LogP contribution in [0.1, 0.15) is 58.4 Å². The van der Waals surface area contributed by atoms with E-state index in [-0.39, 0.29) is 0 Å². The lowest BCUT2D eigenvalue weighted by molar-refractivity contribution is 0.517. The van der Waals surface area contributed by atoms with E-state index in [0.717, 1.165) is 10.7 Å². The maximum atomic E-state index is 5.31. The summed E-state index contributed by atoms with van der Waals surface area (Å²) in [6, 6.07) is 0.953. The second kappa shape index (κ2) is 5.87. The minimum absolute atomic E-state index is 0.347. The standard InChI is InChI=1S/C13H24N4S/c1-10(2)17-12(14-15-13(17)18)16(3)11-8-6-4-5-7-9-11/h10-11H,4-9H2,1-3H3,(H,15,18). The molecule has 18 heavy (non-hydrogen) atoms. The smallest absolute Gasteiger partial charge is 0.225 e. The average Bonchev–Trinajstić information content (AvgIpc) is 2.56. The van der Waals surface area contributed by atoms with Crippen LogP contribution in [0.5, 0.6) is 0 Å². The van der Waals surface area contributed by atoms with Crippen LogP contribution in [0.2, 0.25) is 0 Å². The van der Waals surface area contributed by atoms with Crippen molar-refractivity contribution in [3.05, 3.63) is 4.77 Å². The van der Waals surface area contributed by atoms with Gasteiger partial charge in [-0.05, 0) is 38.9 Å². The molecular weight excluding hydrogens is 244 g/mol. The lowest BCUT2D eigenvalue weighted by Crippen LogP contribution is -2.33. The molecule has 1 aliphatic rings. The monoisotopic (exact) mass is 268 g/mol. The predicted octanol–water partition coefficient (Wildman–Crippen LogP) is 3.68. The van der Waals surface area contributed by atoms with E-state index in [9.17, 15) is 0 Å². The first kappa shape index (κ1) is 13.6. The number of hydrogen-bond donors (Lipinski definition) is 1. The van der Waals surface area contributed by atoms with E-state index in [1.54, 1.807) is 0 Å². The Hall–Kier alpha value is -0.840. The molecule has 1 fully saturated rings. The summed E-state index contributed by atoms with van der Waals surface area (Å²) in [6.45, 7) is 4.30. The van der Waals surface area contributed by atoms with Gasteiger partial charge in [-0.1, -0.05) is 25.7 Å². The van der Waals surface area contributed by atoms with Crippen LogP contribution >= 0.6 is 12.2 Å². The van der Waals surface area contributed by atoms with Gasteiger partial charge >= 0.3 is 0 Å². The van der Waals surface area contributed by atoms with Crippen LogP contribution in [0, 0.1) is 4.77 Å². The topological polar surface area (TPSA) is 36.9 Å². The van der Waals surface area contributed by atoms with Crippen molar-refractivity contribution in [1.29, 1.82) is 0 Å². The second-order valence-corrected chi connectivity index (χ2v) is 5.94. The summed E-state index contributed by atoms with van der Waals surface area (Å²) in [5.41, 5.74) is 0. The van der Waals surface area contributed by atoms with Crippen LogP contribution in [-0.2, 0) is 0 Å². The lowest BCUT2D eigenvalue weighted by Gasteiger charge is -2.28. The molecule has 0 unspecified atom stereocenters. The quantitative estimate of drug-likeness (QED) is 0.671. The van der Waals surface area contributed by atoms with E-state index in [1.807, 2.05) is 0 Å². The zero-order valence-electron chi connectivity index (χ0n) is 11.6. The summed E-state index contributed by atoms with van der Waals surface area (Å²) in [4.78, 5) is 2.32. The van der Waals surface area contributed by atoms with E-state index in [2.05, 4.69) is 40.6 Å². The molecule has 1 aromatic heterocycles. The number of aromatic amines is 1. The Morgan fingerprint density at radius 1 is 1.28 bits per heavy atom. The minimum atomic E-state index is 0.347. The van der Waals surface area contributed by atoms with Gasteiger partial charge in [0.25, 0.3) is 0 Å². The van der Waals surface area contributed by atoms with Crippen molar-refractivity contribution in [3.8, 4) is 0 Å². The number of anilines is 1. The molecule has 0 saturated heterocycles. The summed E-state index contributed by atoms with van der Waals surface area (Å²) >= 11 is 5.31. The van der Waals surface area contributed by atoms with Crippen molar-refractivity contribution >= 4 is 18.2 Å². The number of hydrogen-bond acceptors (Lipinski definition) is 3. The molecule has 0 aliphatic heterocycles. The molecule has 1 N–H and O–H groups in total. The van der Waals surface area contributed by atoms with E-state index in [0.29, 0.717) is 12.1 Å². The normalized spacial score (nSPS) is 18.0. The number of H-pyrrole nitrogens is 1. The van der Waals surface area contributed by atoms with Crippen molar-refractivity contribution in [2.24, 2.45) is 0 Å². The summed E-state index contributed by atoms with van der Waals surface area (Å²) in [5.74, 6) is 0.988. The molecule has 0 aromatic carbocycles. The van der Waals surface area contributed by atoms with E-state index >= 15 is 0 Å². The largest absolute Gasteiger partial charge is 0.341 e. The van der Waals surface area contributed by atoms with Crippen LogP contribution in [0.3, 0.4) is 0 Å². The fourth-order valence-corrected chi connectivity index (χ4v) is 3.16. The maximum absolute atomic E-state index is 5.31. The van der Waals surface area contributed by atoms with Crippen molar-refractivity contribution in [3.63, 3.8) is 0 Å². The minimum Gasteiger partial charge on any atom is -0.341 e. The van der Waals surface area contributed by atoms with Gasteiger partial charge in [0.05, 0.1) is 0 Å². The van der Waals surface area contributed by atoms with E-state index in [1.165, 1.54) is 38.5 Å². The number of nitrogens with one attached hydrogen (secondary N) is 1. The van der Waals surface area contributed by atoms with Crippen molar-refractivity contribution in [2.75, 3.05) is 11.9 Å².